The molecule has 1 heterocycles. The number of nitrogens with zero attached hydrogens (tertiary/aromatic N) is 3. The van der Waals surface area contributed by atoms with Crippen molar-refractivity contribution >= 4 is 16.7 Å². The van der Waals surface area contributed by atoms with Crippen LogP contribution in [-0.4, -0.2) is 34.2 Å². The third kappa shape index (κ3) is 4.12. The van der Waals surface area contributed by atoms with E-state index in [1.165, 1.54) is 4.68 Å². The fourth-order valence-electron chi connectivity index (χ4n) is 3.00. The van der Waals surface area contributed by atoms with E-state index in [-0.39, 0.29) is 23.8 Å². The van der Waals surface area contributed by atoms with Gasteiger partial charge in [-0.15, -0.1) is 6.58 Å². The zero-order valence-electron chi connectivity index (χ0n) is 15.3. The number of nitrogens with one attached hydrogen (secondary N) is 1. The minimum absolute atomic E-state index is 0.222. The van der Waals surface area contributed by atoms with Crippen LogP contribution in [0.1, 0.15) is 16.1 Å². The Hall–Kier alpha value is -3.25. The summed E-state index contributed by atoms with van der Waals surface area (Å²) in [5, 5.41) is 7.97. The van der Waals surface area contributed by atoms with Gasteiger partial charge in [0.2, 0.25) is 0 Å². The number of carbonyl (C=O) groups is 1. The van der Waals surface area contributed by atoms with Gasteiger partial charge < -0.3 is 5.32 Å². The lowest BCUT2D eigenvalue weighted by molar-refractivity contribution is 0.0955. The van der Waals surface area contributed by atoms with Gasteiger partial charge >= 0.3 is 0 Å². The van der Waals surface area contributed by atoms with Gasteiger partial charge in [0.05, 0.1) is 12.1 Å². The van der Waals surface area contributed by atoms with E-state index in [0.717, 1.165) is 5.56 Å². The van der Waals surface area contributed by atoms with Crippen LogP contribution >= 0.6 is 0 Å². The van der Waals surface area contributed by atoms with E-state index < -0.39 is 0 Å². The average molecular weight is 362 g/mol. The number of aromatic nitrogens is 2. The van der Waals surface area contributed by atoms with Crippen LogP contribution < -0.4 is 10.9 Å². The molecule has 0 bridgehead atoms. The van der Waals surface area contributed by atoms with Crippen LogP contribution in [0, 0.1) is 0 Å². The Morgan fingerprint density at radius 1 is 1.15 bits per heavy atom. The Balaban J connectivity index is 2.01. The fraction of sp³-hybridized carbons (Fsp3) is 0.190. The Morgan fingerprint density at radius 2 is 1.81 bits per heavy atom. The average Bonchev–Trinajstić information content (AvgIpc) is 2.70. The molecule has 138 valence electrons. The van der Waals surface area contributed by atoms with Crippen molar-refractivity contribution in [2.24, 2.45) is 0 Å². The molecule has 0 aliphatic carbocycles. The van der Waals surface area contributed by atoms with Crippen LogP contribution in [0.25, 0.3) is 10.8 Å². The van der Waals surface area contributed by atoms with Crippen molar-refractivity contribution in [1.29, 1.82) is 0 Å². The molecular weight excluding hydrogens is 340 g/mol. The molecule has 6 nitrogen and oxygen atoms in total. The number of fused-ring (bicyclic) bond motifs is 1. The predicted octanol–water partition coefficient (Wildman–Crippen LogP) is 2.40. The highest BCUT2D eigenvalue weighted by atomic mass is 16.2. The van der Waals surface area contributed by atoms with Crippen molar-refractivity contribution in [1.82, 2.24) is 20.0 Å². The van der Waals surface area contributed by atoms with Crippen LogP contribution in [0.2, 0.25) is 0 Å². The summed E-state index contributed by atoms with van der Waals surface area (Å²) >= 11 is 0. The fourth-order valence-corrected chi connectivity index (χ4v) is 3.00. The number of benzene rings is 2. The maximum absolute atomic E-state index is 12.9. The van der Waals surface area contributed by atoms with Crippen LogP contribution in [-0.2, 0) is 13.2 Å². The lowest BCUT2D eigenvalue weighted by atomic mass is 10.1. The second-order valence-electron chi connectivity index (χ2n) is 6.21. The van der Waals surface area contributed by atoms with E-state index >= 15 is 0 Å². The molecule has 0 aliphatic rings. The van der Waals surface area contributed by atoms with Crippen LogP contribution in [0.15, 0.2) is 72.0 Å². The topological polar surface area (TPSA) is 67.2 Å². The van der Waals surface area contributed by atoms with Gasteiger partial charge in [-0.1, -0.05) is 54.6 Å². The van der Waals surface area contributed by atoms with Gasteiger partial charge in [0.15, 0.2) is 5.69 Å². The highest BCUT2D eigenvalue weighted by Gasteiger charge is 2.17. The maximum atomic E-state index is 12.9. The number of carbonyl (C=O) groups excluding carboxylic acids is 1. The van der Waals surface area contributed by atoms with Crippen LogP contribution in [0.5, 0.6) is 0 Å². The first-order valence-electron chi connectivity index (χ1n) is 8.73. The summed E-state index contributed by atoms with van der Waals surface area (Å²) in [5.41, 5.74) is 1.14. The van der Waals surface area contributed by atoms with E-state index in [4.69, 9.17) is 0 Å². The molecule has 6 heteroatoms. The summed E-state index contributed by atoms with van der Waals surface area (Å²) in [5.74, 6) is -0.321. The minimum Gasteiger partial charge on any atom is -0.354 e. The summed E-state index contributed by atoms with van der Waals surface area (Å²) in [6, 6.07) is 17.0. The largest absolute Gasteiger partial charge is 0.354 e. The molecule has 0 aliphatic heterocycles. The first-order valence-corrected chi connectivity index (χ1v) is 8.73. The van der Waals surface area contributed by atoms with E-state index in [2.05, 4.69) is 17.0 Å². The zero-order chi connectivity index (χ0) is 19.2. The molecule has 0 atom stereocenters. The molecule has 1 aromatic heterocycles. The maximum Gasteiger partial charge on any atom is 0.275 e. The molecule has 27 heavy (non-hydrogen) atoms. The molecular formula is C21H22N4O2. The highest BCUT2D eigenvalue weighted by molar-refractivity contribution is 6.04. The molecule has 0 saturated heterocycles. The first kappa shape index (κ1) is 18.5. The SMILES string of the molecule is C=CCN(Cc1ccccc1)Cn1nc(C(=O)NC)c2ccccc2c1=O. The summed E-state index contributed by atoms with van der Waals surface area (Å²) in [6.07, 6.45) is 1.79. The minimum atomic E-state index is -0.321. The van der Waals surface area contributed by atoms with Crippen molar-refractivity contribution in [2.75, 3.05) is 13.6 Å². The van der Waals surface area contributed by atoms with E-state index in [1.807, 2.05) is 35.2 Å². The Bertz CT molecular complexity index is 1010. The summed E-state index contributed by atoms with van der Waals surface area (Å²) in [4.78, 5) is 27.2. The van der Waals surface area contributed by atoms with Crippen molar-refractivity contribution in [3.05, 3.63) is 88.9 Å². The van der Waals surface area contributed by atoms with Gasteiger partial charge in [-0.2, -0.15) is 5.10 Å². The molecule has 0 spiro atoms. The molecule has 1 N–H and O–H groups in total. The standard InChI is InChI=1S/C21H22N4O2/c1-3-13-24(14-16-9-5-4-6-10-16)15-25-21(27)18-12-8-7-11-17(18)19(23-25)20(26)22-2/h3-12H,1,13-15H2,2H3,(H,22,26). The number of amides is 1. The smallest absolute Gasteiger partial charge is 0.275 e. The van der Waals surface area contributed by atoms with Crippen molar-refractivity contribution < 1.29 is 4.79 Å². The lowest BCUT2D eigenvalue weighted by Crippen LogP contribution is -2.36. The van der Waals surface area contributed by atoms with Crippen molar-refractivity contribution in [3.63, 3.8) is 0 Å². The second kappa shape index (κ2) is 8.42. The van der Waals surface area contributed by atoms with Gasteiger partial charge in [0, 0.05) is 25.5 Å². The van der Waals surface area contributed by atoms with Gasteiger partial charge in [-0.3, -0.25) is 14.5 Å². The van der Waals surface area contributed by atoms with E-state index in [1.54, 1.807) is 37.4 Å². The predicted molar refractivity (Wildman–Crippen MR) is 106 cm³/mol. The normalized spacial score (nSPS) is 10.9. The second-order valence-corrected chi connectivity index (χ2v) is 6.21. The third-order valence-corrected chi connectivity index (χ3v) is 4.28. The van der Waals surface area contributed by atoms with Crippen molar-refractivity contribution in [2.45, 2.75) is 13.2 Å². The van der Waals surface area contributed by atoms with E-state index in [0.29, 0.717) is 23.9 Å². The molecule has 0 saturated carbocycles. The molecule has 0 radical (unpaired) electrons. The molecule has 1 amide bonds. The van der Waals surface area contributed by atoms with Crippen LogP contribution in [0.3, 0.4) is 0 Å². The van der Waals surface area contributed by atoms with Gasteiger partial charge in [-0.25, -0.2) is 4.68 Å². The first-order chi connectivity index (χ1) is 13.1. The van der Waals surface area contributed by atoms with Gasteiger partial charge in [0.1, 0.15) is 0 Å². The molecule has 2 aromatic carbocycles. The van der Waals surface area contributed by atoms with Gasteiger partial charge in [0.25, 0.3) is 11.5 Å². The summed E-state index contributed by atoms with van der Waals surface area (Å²) < 4.78 is 1.35. The molecule has 3 aromatic rings. The Morgan fingerprint density at radius 3 is 2.48 bits per heavy atom. The zero-order valence-corrected chi connectivity index (χ0v) is 15.3. The molecule has 0 unspecified atom stereocenters. The number of hydrogen-bond acceptors (Lipinski definition) is 4. The summed E-state index contributed by atoms with van der Waals surface area (Å²) in [7, 11) is 1.55. The quantitative estimate of drug-likeness (QED) is 0.656. The van der Waals surface area contributed by atoms with Gasteiger partial charge in [-0.05, 0) is 11.6 Å². The lowest BCUT2D eigenvalue weighted by Gasteiger charge is -2.22. The highest BCUT2D eigenvalue weighted by Crippen LogP contribution is 2.14. The molecule has 0 fully saturated rings. The Labute approximate surface area is 157 Å². The van der Waals surface area contributed by atoms with Crippen molar-refractivity contribution in [3.8, 4) is 0 Å². The number of rotatable bonds is 7. The Kier molecular flexibility index (Phi) is 5.78. The third-order valence-electron chi connectivity index (χ3n) is 4.28. The van der Waals surface area contributed by atoms with Crippen LogP contribution in [0.4, 0.5) is 0 Å². The number of hydrogen-bond donors (Lipinski definition) is 1. The summed E-state index contributed by atoms with van der Waals surface area (Å²) in [6.45, 7) is 5.29. The monoisotopic (exact) mass is 362 g/mol. The molecule has 3 rings (SSSR count). The van der Waals surface area contributed by atoms with E-state index in [9.17, 15) is 9.59 Å².